The van der Waals surface area contributed by atoms with Gasteiger partial charge in [0.2, 0.25) is 0 Å². The van der Waals surface area contributed by atoms with Gasteiger partial charge in [-0.3, -0.25) is 14.6 Å². The van der Waals surface area contributed by atoms with Crippen LogP contribution in [-0.2, 0) is 16.1 Å². The molecule has 1 unspecified atom stereocenters. The average molecular weight is 447 g/mol. The van der Waals surface area contributed by atoms with Crippen molar-refractivity contribution in [3.05, 3.63) is 89.1 Å². The predicted molar refractivity (Wildman–Crippen MR) is 122 cm³/mol. The summed E-state index contributed by atoms with van der Waals surface area (Å²) >= 11 is 0. The molecule has 1 aliphatic rings. The smallest absolute Gasteiger partial charge is 0.296 e. The number of Topliss-reactive ketones (excluding diaryl/α,β-unsaturated/α-hetero) is 1. The molecule has 3 aromatic rings. The van der Waals surface area contributed by atoms with Gasteiger partial charge in [0.05, 0.1) is 18.4 Å². The number of hydrogen-bond donors (Lipinski definition) is 1. The van der Waals surface area contributed by atoms with Crippen LogP contribution in [0.1, 0.15) is 55.2 Å². The van der Waals surface area contributed by atoms with Gasteiger partial charge >= 0.3 is 0 Å². The van der Waals surface area contributed by atoms with Crippen LogP contribution in [-0.4, -0.2) is 33.3 Å². The molecule has 7 heteroatoms. The number of hydrogen-bond acceptors (Lipinski definition) is 6. The van der Waals surface area contributed by atoms with E-state index in [-0.39, 0.29) is 23.8 Å². The number of benzene rings is 1. The Morgan fingerprint density at radius 1 is 1.18 bits per heavy atom. The third kappa shape index (κ3) is 4.26. The molecule has 1 atom stereocenters. The lowest BCUT2D eigenvalue weighted by Gasteiger charge is -2.23. The zero-order valence-corrected chi connectivity index (χ0v) is 18.8. The lowest BCUT2D eigenvalue weighted by molar-refractivity contribution is -0.140. The minimum absolute atomic E-state index is 0.00266. The third-order valence-electron chi connectivity index (χ3n) is 5.66. The van der Waals surface area contributed by atoms with Crippen LogP contribution in [0, 0.1) is 0 Å². The molecule has 1 aliphatic heterocycles. The number of carbonyl (C=O) groups excluding carboxylic acids is 2. The number of rotatable bonds is 7. The van der Waals surface area contributed by atoms with E-state index in [1.807, 2.05) is 20.8 Å². The van der Waals surface area contributed by atoms with Gasteiger partial charge in [-0.25, -0.2) is 0 Å². The van der Waals surface area contributed by atoms with Crippen molar-refractivity contribution in [1.82, 2.24) is 9.88 Å². The maximum absolute atomic E-state index is 13.1. The van der Waals surface area contributed by atoms with Crippen LogP contribution in [0.4, 0.5) is 0 Å². The van der Waals surface area contributed by atoms with Crippen molar-refractivity contribution in [2.75, 3.05) is 6.61 Å². The van der Waals surface area contributed by atoms with Gasteiger partial charge in [0.15, 0.2) is 0 Å². The van der Waals surface area contributed by atoms with E-state index >= 15 is 0 Å². The number of pyridine rings is 1. The highest BCUT2D eigenvalue weighted by atomic mass is 16.5. The molecule has 0 aliphatic carbocycles. The van der Waals surface area contributed by atoms with Crippen LogP contribution in [0.2, 0.25) is 0 Å². The van der Waals surface area contributed by atoms with E-state index < -0.39 is 17.7 Å². The lowest BCUT2D eigenvalue weighted by Crippen LogP contribution is -2.29. The highest BCUT2D eigenvalue weighted by Gasteiger charge is 2.47. The molecule has 7 nitrogen and oxygen atoms in total. The van der Waals surface area contributed by atoms with Gasteiger partial charge in [0.1, 0.15) is 23.3 Å². The zero-order valence-electron chi connectivity index (χ0n) is 18.8. The number of nitrogens with zero attached hydrogens (tertiary/aromatic N) is 2. The first kappa shape index (κ1) is 22.3. The molecule has 2 aromatic heterocycles. The predicted octanol–water partition coefficient (Wildman–Crippen LogP) is 4.82. The molecule has 1 amide bonds. The lowest BCUT2D eigenvalue weighted by atomic mass is 9.95. The van der Waals surface area contributed by atoms with Crippen LogP contribution in [0.15, 0.2) is 71.1 Å². The second kappa shape index (κ2) is 9.32. The Bertz CT molecular complexity index is 1180. The fraction of sp³-hybridized carbons (Fsp3) is 0.269. The van der Waals surface area contributed by atoms with Gasteiger partial charge < -0.3 is 19.2 Å². The van der Waals surface area contributed by atoms with Crippen molar-refractivity contribution < 1.29 is 23.8 Å². The molecular weight excluding hydrogens is 420 g/mol. The highest BCUT2D eigenvalue weighted by Crippen LogP contribution is 2.41. The monoisotopic (exact) mass is 446 g/mol. The van der Waals surface area contributed by atoms with Crippen molar-refractivity contribution in [3.63, 3.8) is 0 Å². The molecule has 3 heterocycles. The van der Waals surface area contributed by atoms with Crippen LogP contribution >= 0.6 is 0 Å². The first-order chi connectivity index (χ1) is 15.9. The molecule has 0 saturated carbocycles. The summed E-state index contributed by atoms with van der Waals surface area (Å²) in [5.41, 5.74) is 2.16. The number of carbonyl (C=O) groups is 2. The van der Waals surface area contributed by atoms with Crippen molar-refractivity contribution in [3.8, 4) is 5.75 Å². The van der Waals surface area contributed by atoms with E-state index in [0.29, 0.717) is 17.9 Å². The number of aliphatic hydroxyl groups is 1. The van der Waals surface area contributed by atoms with E-state index in [1.165, 1.54) is 11.2 Å². The molecule has 1 aromatic carbocycles. The fourth-order valence-corrected chi connectivity index (χ4v) is 4.06. The van der Waals surface area contributed by atoms with Gasteiger partial charge in [0, 0.05) is 24.5 Å². The number of aliphatic hydroxyl groups excluding tert-OH is 1. The van der Waals surface area contributed by atoms with Crippen LogP contribution < -0.4 is 4.74 Å². The van der Waals surface area contributed by atoms with Crippen molar-refractivity contribution in [2.45, 2.75) is 39.3 Å². The molecule has 1 N–H and O–H groups in total. The molecule has 1 saturated heterocycles. The number of ether oxygens (including phenoxy) is 1. The Kier molecular flexibility index (Phi) is 6.31. The summed E-state index contributed by atoms with van der Waals surface area (Å²) < 4.78 is 11.3. The van der Waals surface area contributed by atoms with Crippen LogP contribution in [0.3, 0.4) is 0 Å². The van der Waals surface area contributed by atoms with E-state index in [4.69, 9.17) is 9.15 Å². The van der Waals surface area contributed by atoms with Crippen molar-refractivity contribution in [1.29, 1.82) is 0 Å². The summed E-state index contributed by atoms with van der Waals surface area (Å²) in [6.45, 7) is 6.65. The molecule has 4 rings (SSSR count). The molecule has 0 spiro atoms. The molecule has 170 valence electrons. The largest absolute Gasteiger partial charge is 0.507 e. The number of ketones is 1. The third-order valence-corrected chi connectivity index (χ3v) is 5.66. The van der Waals surface area contributed by atoms with Crippen LogP contribution in [0.25, 0.3) is 5.76 Å². The summed E-state index contributed by atoms with van der Waals surface area (Å²) in [5, 5.41) is 11.3. The Hall–Kier alpha value is -3.87. The van der Waals surface area contributed by atoms with Gasteiger partial charge in [-0.05, 0) is 66.4 Å². The van der Waals surface area contributed by atoms with E-state index in [0.717, 1.165) is 16.9 Å². The topological polar surface area (TPSA) is 92.9 Å². The Morgan fingerprint density at radius 3 is 2.58 bits per heavy atom. The minimum Gasteiger partial charge on any atom is -0.507 e. The first-order valence-corrected chi connectivity index (χ1v) is 10.9. The standard InChI is InChI=1S/C26H26N2O5/c1-4-32-20-8-7-18(14-19(20)16(2)3)24(29)22-23(21-6-5-13-33-21)28(26(31)25(22)30)15-17-9-11-27-12-10-17/h5-14,16,23,29H,4,15H2,1-3H3/b24-22-. The Labute approximate surface area is 192 Å². The van der Waals surface area contributed by atoms with Crippen molar-refractivity contribution in [2.24, 2.45) is 0 Å². The maximum atomic E-state index is 13.1. The number of likely N-dealkylation sites (tertiary alicyclic amines) is 1. The van der Waals surface area contributed by atoms with E-state index in [2.05, 4.69) is 4.98 Å². The van der Waals surface area contributed by atoms with Crippen LogP contribution in [0.5, 0.6) is 5.75 Å². The number of furan rings is 1. The Morgan fingerprint density at radius 2 is 1.94 bits per heavy atom. The Balaban J connectivity index is 1.83. The molecule has 1 fully saturated rings. The summed E-state index contributed by atoms with van der Waals surface area (Å²) in [6.07, 6.45) is 4.73. The molecule has 33 heavy (non-hydrogen) atoms. The quantitative estimate of drug-likeness (QED) is 0.318. The second-order valence-corrected chi connectivity index (χ2v) is 8.14. The maximum Gasteiger partial charge on any atom is 0.296 e. The summed E-state index contributed by atoms with van der Waals surface area (Å²) in [7, 11) is 0. The average Bonchev–Trinajstić information content (AvgIpc) is 3.42. The summed E-state index contributed by atoms with van der Waals surface area (Å²) in [4.78, 5) is 31.6. The van der Waals surface area contributed by atoms with E-state index in [9.17, 15) is 14.7 Å². The molecular formula is C26H26N2O5. The van der Waals surface area contributed by atoms with E-state index in [1.54, 1.807) is 54.9 Å². The molecule has 0 bridgehead atoms. The summed E-state index contributed by atoms with van der Waals surface area (Å²) in [6, 6.07) is 11.4. The van der Waals surface area contributed by atoms with Crippen molar-refractivity contribution >= 4 is 17.4 Å². The highest BCUT2D eigenvalue weighted by molar-refractivity contribution is 6.46. The van der Waals surface area contributed by atoms with Gasteiger partial charge in [0.25, 0.3) is 11.7 Å². The summed E-state index contributed by atoms with van der Waals surface area (Å²) in [5.74, 6) is -0.413. The second-order valence-electron chi connectivity index (χ2n) is 8.14. The molecule has 0 radical (unpaired) electrons. The first-order valence-electron chi connectivity index (χ1n) is 10.9. The van der Waals surface area contributed by atoms with Gasteiger partial charge in [-0.15, -0.1) is 0 Å². The zero-order chi connectivity index (χ0) is 23.5. The minimum atomic E-state index is -0.845. The number of amides is 1. The van der Waals surface area contributed by atoms with Gasteiger partial charge in [-0.2, -0.15) is 0 Å². The number of aromatic nitrogens is 1. The SMILES string of the molecule is CCOc1ccc(/C(O)=C2/C(=O)C(=O)N(Cc3ccncc3)C2c2ccco2)cc1C(C)C. The van der Waals surface area contributed by atoms with Gasteiger partial charge in [-0.1, -0.05) is 13.8 Å². The normalized spacial score (nSPS) is 17.7. The fourth-order valence-electron chi connectivity index (χ4n) is 4.06.